The molecular formula is C19H31NO2. The van der Waals surface area contributed by atoms with Gasteiger partial charge in [0, 0.05) is 19.3 Å². The molecule has 124 valence electrons. The van der Waals surface area contributed by atoms with Crippen molar-refractivity contribution in [3.8, 4) is 5.75 Å². The number of hydrogen-bond acceptors (Lipinski definition) is 3. The Morgan fingerprint density at radius 2 is 2.00 bits per heavy atom. The standard InChI is InChI=1S/C19H31NO2/c1-2-22-19-13-4-3-9-17(19)10-7-15-21-16-8-12-18-11-5-6-14-20-18/h3-4,9,13,18,20H,2,5-8,10-12,14-16H2,1H3. The van der Waals surface area contributed by atoms with E-state index in [1.54, 1.807) is 0 Å². The molecule has 0 aliphatic carbocycles. The summed E-state index contributed by atoms with van der Waals surface area (Å²) < 4.78 is 11.4. The molecule has 0 bridgehead atoms. The Morgan fingerprint density at radius 1 is 1.14 bits per heavy atom. The van der Waals surface area contributed by atoms with Gasteiger partial charge in [0.15, 0.2) is 0 Å². The van der Waals surface area contributed by atoms with E-state index in [1.807, 2.05) is 13.0 Å². The molecule has 1 N–H and O–H groups in total. The summed E-state index contributed by atoms with van der Waals surface area (Å²) in [5.74, 6) is 1.02. The first kappa shape index (κ1) is 17.3. The molecule has 2 rings (SSSR count). The average Bonchev–Trinajstić information content (AvgIpc) is 2.56. The van der Waals surface area contributed by atoms with Crippen molar-refractivity contribution in [1.29, 1.82) is 0 Å². The minimum absolute atomic E-state index is 0.725. The van der Waals surface area contributed by atoms with E-state index in [0.717, 1.165) is 44.5 Å². The quantitative estimate of drug-likeness (QED) is 0.664. The van der Waals surface area contributed by atoms with E-state index in [2.05, 4.69) is 23.5 Å². The van der Waals surface area contributed by atoms with Gasteiger partial charge in [0.2, 0.25) is 0 Å². The van der Waals surface area contributed by atoms with Gasteiger partial charge in [-0.3, -0.25) is 0 Å². The zero-order valence-corrected chi connectivity index (χ0v) is 14.0. The maximum Gasteiger partial charge on any atom is 0.122 e. The Morgan fingerprint density at radius 3 is 2.82 bits per heavy atom. The minimum atomic E-state index is 0.725. The van der Waals surface area contributed by atoms with E-state index >= 15 is 0 Å². The van der Waals surface area contributed by atoms with E-state index in [4.69, 9.17) is 9.47 Å². The summed E-state index contributed by atoms with van der Waals surface area (Å²) in [6.45, 7) is 5.69. The van der Waals surface area contributed by atoms with Crippen molar-refractivity contribution in [2.24, 2.45) is 0 Å². The molecule has 3 heteroatoms. The van der Waals surface area contributed by atoms with E-state index in [1.165, 1.54) is 44.2 Å². The van der Waals surface area contributed by atoms with Gasteiger partial charge >= 0.3 is 0 Å². The van der Waals surface area contributed by atoms with Gasteiger partial charge in [-0.1, -0.05) is 24.6 Å². The molecule has 1 aromatic carbocycles. The number of ether oxygens (including phenoxy) is 2. The van der Waals surface area contributed by atoms with Gasteiger partial charge in [0.1, 0.15) is 5.75 Å². The molecule has 1 aliphatic heterocycles. The number of para-hydroxylation sites is 1. The molecular weight excluding hydrogens is 274 g/mol. The second kappa shape index (κ2) is 10.6. The molecule has 0 saturated carbocycles. The SMILES string of the molecule is CCOc1ccccc1CCCOCCCC1CCCCN1. The number of nitrogens with one attached hydrogen (secondary N) is 1. The molecule has 1 heterocycles. The zero-order chi connectivity index (χ0) is 15.5. The van der Waals surface area contributed by atoms with Crippen LogP contribution in [0.5, 0.6) is 5.75 Å². The van der Waals surface area contributed by atoms with Crippen molar-refractivity contribution in [2.45, 2.75) is 57.9 Å². The normalized spacial score (nSPS) is 18.3. The minimum Gasteiger partial charge on any atom is -0.494 e. The summed E-state index contributed by atoms with van der Waals surface area (Å²) in [6.07, 6.45) is 8.59. The number of piperidine rings is 1. The molecule has 0 spiro atoms. The van der Waals surface area contributed by atoms with Gasteiger partial charge in [-0.25, -0.2) is 0 Å². The average molecular weight is 305 g/mol. The Bertz CT molecular complexity index is 402. The summed E-state index contributed by atoms with van der Waals surface area (Å²) in [5.41, 5.74) is 1.29. The summed E-state index contributed by atoms with van der Waals surface area (Å²) in [6, 6.07) is 9.05. The highest BCUT2D eigenvalue weighted by Gasteiger charge is 2.11. The van der Waals surface area contributed by atoms with Gasteiger partial charge in [0.25, 0.3) is 0 Å². The topological polar surface area (TPSA) is 30.5 Å². The summed E-state index contributed by atoms with van der Waals surface area (Å²) in [5, 5.41) is 3.59. The molecule has 3 nitrogen and oxygen atoms in total. The molecule has 0 amide bonds. The molecule has 0 aromatic heterocycles. The number of benzene rings is 1. The molecule has 1 aromatic rings. The van der Waals surface area contributed by atoms with Crippen LogP contribution < -0.4 is 10.1 Å². The molecule has 1 unspecified atom stereocenters. The van der Waals surface area contributed by atoms with E-state index < -0.39 is 0 Å². The lowest BCUT2D eigenvalue weighted by Crippen LogP contribution is -2.33. The first-order valence-corrected chi connectivity index (χ1v) is 8.92. The molecule has 1 aliphatic rings. The highest BCUT2D eigenvalue weighted by molar-refractivity contribution is 5.33. The van der Waals surface area contributed by atoms with Gasteiger partial charge < -0.3 is 14.8 Å². The van der Waals surface area contributed by atoms with Crippen molar-refractivity contribution < 1.29 is 9.47 Å². The van der Waals surface area contributed by atoms with Crippen LogP contribution in [-0.4, -0.2) is 32.4 Å². The molecule has 1 fully saturated rings. The lowest BCUT2D eigenvalue weighted by atomic mass is 10.0. The Balaban J connectivity index is 1.52. The van der Waals surface area contributed by atoms with Crippen molar-refractivity contribution >= 4 is 0 Å². The monoisotopic (exact) mass is 305 g/mol. The zero-order valence-electron chi connectivity index (χ0n) is 14.0. The van der Waals surface area contributed by atoms with Crippen LogP contribution in [0, 0.1) is 0 Å². The molecule has 1 atom stereocenters. The van der Waals surface area contributed by atoms with Crippen LogP contribution in [0.1, 0.15) is 51.0 Å². The first-order chi connectivity index (χ1) is 10.9. The summed E-state index contributed by atoms with van der Waals surface area (Å²) in [4.78, 5) is 0. The predicted molar refractivity (Wildman–Crippen MR) is 91.6 cm³/mol. The maximum absolute atomic E-state index is 5.78. The molecule has 0 radical (unpaired) electrons. The molecule has 1 saturated heterocycles. The largest absolute Gasteiger partial charge is 0.494 e. The Kier molecular flexibility index (Phi) is 8.36. The van der Waals surface area contributed by atoms with Gasteiger partial charge in [-0.2, -0.15) is 0 Å². The summed E-state index contributed by atoms with van der Waals surface area (Å²) in [7, 11) is 0. The lowest BCUT2D eigenvalue weighted by molar-refractivity contribution is 0.125. The second-order valence-electron chi connectivity index (χ2n) is 6.05. The maximum atomic E-state index is 5.78. The van der Waals surface area contributed by atoms with Crippen molar-refractivity contribution in [1.82, 2.24) is 5.32 Å². The highest BCUT2D eigenvalue weighted by Crippen LogP contribution is 2.19. The van der Waals surface area contributed by atoms with Crippen LogP contribution in [-0.2, 0) is 11.2 Å². The fourth-order valence-corrected chi connectivity index (χ4v) is 3.08. The number of hydrogen-bond donors (Lipinski definition) is 1. The van der Waals surface area contributed by atoms with Crippen molar-refractivity contribution in [3.63, 3.8) is 0 Å². The van der Waals surface area contributed by atoms with Gasteiger partial charge in [-0.15, -0.1) is 0 Å². The van der Waals surface area contributed by atoms with Crippen LogP contribution in [0.25, 0.3) is 0 Å². The van der Waals surface area contributed by atoms with Crippen LogP contribution in [0.15, 0.2) is 24.3 Å². The predicted octanol–water partition coefficient (Wildman–Crippen LogP) is 3.96. The van der Waals surface area contributed by atoms with E-state index in [-0.39, 0.29) is 0 Å². The van der Waals surface area contributed by atoms with Crippen molar-refractivity contribution in [2.75, 3.05) is 26.4 Å². The fourth-order valence-electron chi connectivity index (χ4n) is 3.08. The second-order valence-corrected chi connectivity index (χ2v) is 6.05. The highest BCUT2D eigenvalue weighted by atomic mass is 16.5. The van der Waals surface area contributed by atoms with Crippen LogP contribution in [0.2, 0.25) is 0 Å². The lowest BCUT2D eigenvalue weighted by Gasteiger charge is -2.23. The third kappa shape index (κ3) is 6.37. The van der Waals surface area contributed by atoms with E-state index in [0.29, 0.717) is 0 Å². The smallest absolute Gasteiger partial charge is 0.122 e. The van der Waals surface area contributed by atoms with Gasteiger partial charge in [0.05, 0.1) is 6.61 Å². The fraction of sp³-hybridized carbons (Fsp3) is 0.684. The summed E-state index contributed by atoms with van der Waals surface area (Å²) >= 11 is 0. The Labute approximate surface area is 135 Å². The van der Waals surface area contributed by atoms with Crippen molar-refractivity contribution in [3.05, 3.63) is 29.8 Å². The van der Waals surface area contributed by atoms with Crippen LogP contribution in [0.3, 0.4) is 0 Å². The van der Waals surface area contributed by atoms with Crippen LogP contribution in [0.4, 0.5) is 0 Å². The molecule has 22 heavy (non-hydrogen) atoms. The third-order valence-electron chi connectivity index (χ3n) is 4.26. The van der Waals surface area contributed by atoms with Gasteiger partial charge in [-0.05, 0) is 63.6 Å². The first-order valence-electron chi connectivity index (χ1n) is 8.92. The third-order valence-corrected chi connectivity index (χ3v) is 4.26. The Hall–Kier alpha value is -1.06. The van der Waals surface area contributed by atoms with Crippen LogP contribution >= 0.6 is 0 Å². The van der Waals surface area contributed by atoms with E-state index in [9.17, 15) is 0 Å². The number of aryl methyl sites for hydroxylation is 1. The number of rotatable bonds is 10.